The molecule has 190 valence electrons. The number of urea groups is 2. The van der Waals surface area contributed by atoms with Gasteiger partial charge in [0.15, 0.2) is 19.7 Å². The fourth-order valence-corrected chi connectivity index (χ4v) is 10.1. The van der Waals surface area contributed by atoms with Crippen LogP contribution in [0.3, 0.4) is 0 Å². The number of nitrogens with one attached hydrogen (secondary N) is 2. The number of hydrogen-bond donors (Lipinski definition) is 2. The van der Waals surface area contributed by atoms with Crippen molar-refractivity contribution in [3.05, 3.63) is 48.5 Å². The summed E-state index contributed by atoms with van der Waals surface area (Å²) in [5.74, 6) is -0.130. The Morgan fingerprint density at radius 2 is 0.944 bits per heavy atom. The van der Waals surface area contributed by atoms with E-state index in [9.17, 15) is 26.4 Å². The van der Waals surface area contributed by atoms with Crippen molar-refractivity contribution in [2.75, 3.05) is 45.9 Å². The van der Waals surface area contributed by atoms with Crippen molar-refractivity contribution in [3.63, 3.8) is 0 Å². The Morgan fingerprint density at radius 3 is 1.31 bits per heavy atom. The summed E-state index contributed by atoms with van der Waals surface area (Å²) in [6.45, 7) is 0.735. The number of carbonyl (C=O) groups excluding carboxylic acids is 2. The monoisotopic (exact) mass is 530 g/mol. The number of anilines is 2. The maximum atomic E-state index is 12.6. The first-order chi connectivity index (χ1) is 17.1. The van der Waals surface area contributed by atoms with E-state index in [1.165, 1.54) is 0 Å². The minimum Gasteiger partial charge on any atom is -0.337 e. The summed E-state index contributed by atoms with van der Waals surface area (Å²) in [6, 6.07) is 13.4. The van der Waals surface area contributed by atoms with Crippen LogP contribution in [0.4, 0.5) is 21.0 Å². The molecule has 2 aromatic rings. The van der Waals surface area contributed by atoms with E-state index >= 15 is 0 Å². The molecule has 0 saturated carbocycles. The second-order valence-corrected chi connectivity index (χ2v) is 14.3. The predicted molar refractivity (Wildman–Crippen MR) is 135 cm³/mol. The van der Waals surface area contributed by atoms with Crippen LogP contribution in [0.1, 0.15) is 0 Å². The highest BCUT2D eigenvalue weighted by Crippen LogP contribution is 2.34. The van der Waals surface area contributed by atoms with Crippen molar-refractivity contribution < 1.29 is 26.4 Å². The summed E-state index contributed by atoms with van der Waals surface area (Å²) in [7, 11) is -6.35. The minimum absolute atomic E-state index is 0.0263. The summed E-state index contributed by atoms with van der Waals surface area (Å²) < 4.78 is 48.6. The van der Waals surface area contributed by atoms with Crippen LogP contribution in [0.2, 0.25) is 0 Å². The van der Waals surface area contributed by atoms with Crippen LogP contribution < -0.4 is 20.4 Å². The molecule has 6 rings (SSSR count). The summed E-state index contributed by atoms with van der Waals surface area (Å²) in [4.78, 5) is 28.3. The first-order valence-corrected chi connectivity index (χ1v) is 15.5. The molecule has 0 radical (unpaired) electrons. The fraction of sp³-hybridized carbons (Fsp3) is 0.417. The predicted octanol–water partition coefficient (Wildman–Crippen LogP) is 1.24. The van der Waals surface area contributed by atoms with Crippen molar-refractivity contribution in [3.8, 4) is 11.1 Å². The second-order valence-electron chi connectivity index (χ2n) is 10.0. The highest BCUT2D eigenvalue weighted by molar-refractivity contribution is 7.92. The third-order valence-corrected chi connectivity index (χ3v) is 11.2. The van der Waals surface area contributed by atoms with E-state index < -0.39 is 19.7 Å². The first kappa shape index (κ1) is 23.3. The summed E-state index contributed by atoms with van der Waals surface area (Å²) in [6.07, 6.45) is 0. The molecular weight excluding hydrogens is 504 g/mol. The smallest absolute Gasteiger partial charge is 0.322 e. The van der Waals surface area contributed by atoms with E-state index in [4.69, 9.17) is 0 Å². The van der Waals surface area contributed by atoms with Gasteiger partial charge in [-0.15, -0.1) is 0 Å². The maximum absolute atomic E-state index is 12.6. The zero-order valence-corrected chi connectivity index (χ0v) is 21.0. The van der Waals surface area contributed by atoms with E-state index in [1.54, 1.807) is 9.80 Å². The number of hydrogen-bond acceptors (Lipinski definition) is 6. The quantitative estimate of drug-likeness (QED) is 0.614. The Morgan fingerprint density at radius 1 is 0.583 bits per heavy atom. The molecule has 0 unspecified atom stereocenters. The number of amides is 4. The third kappa shape index (κ3) is 4.01. The van der Waals surface area contributed by atoms with Gasteiger partial charge >= 0.3 is 12.1 Å². The maximum Gasteiger partial charge on any atom is 0.322 e. The van der Waals surface area contributed by atoms with Gasteiger partial charge in [0.1, 0.15) is 0 Å². The average Bonchev–Trinajstić information content (AvgIpc) is 3.32. The second kappa shape index (κ2) is 8.20. The molecule has 36 heavy (non-hydrogen) atoms. The lowest BCUT2D eigenvalue weighted by Gasteiger charge is -2.37. The minimum atomic E-state index is -3.17. The molecule has 0 aromatic heterocycles. The Labute approximate surface area is 209 Å². The van der Waals surface area contributed by atoms with Gasteiger partial charge in [-0.2, -0.15) is 0 Å². The van der Waals surface area contributed by atoms with E-state index in [0.717, 1.165) is 11.1 Å². The molecule has 10 nitrogen and oxygen atoms in total. The van der Waals surface area contributed by atoms with Crippen LogP contribution in [0.5, 0.6) is 0 Å². The molecule has 4 saturated heterocycles. The number of rotatable bonds is 3. The van der Waals surface area contributed by atoms with Gasteiger partial charge in [0, 0.05) is 36.3 Å². The van der Waals surface area contributed by atoms with Crippen LogP contribution >= 0.6 is 0 Å². The van der Waals surface area contributed by atoms with Crippen LogP contribution in [-0.2, 0) is 19.7 Å². The normalized spacial score (nSPS) is 30.3. The Bertz CT molecular complexity index is 1330. The Balaban J connectivity index is 1.23. The third-order valence-electron chi connectivity index (χ3n) is 7.63. The summed E-state index contributed by atoms with van der Waals surface area (Å²) >= 11 is 0. The molecule has 4 atom stereocenters. The highest BCUT2D eigenvalue weighted by atomic mass is 32.2. The standard InChI is InChI=1S/C24H26N4O6S2/c29-23-25-9-17-11-35(31,32)13-21(17)27(23)19-5-1-15(2-6-19)16-3-7-20(8-4-16)28-22-14-36(33,34)12-18(22)10-26-24(28)30/h1-8,17-18,21-22H,9-14H2,(H,25,29)(H,26,30)/t17-,18-,21-,22+/m1/s1. The summed E-state index contributed by atoms with van der Waals surface area (Å²) in [5, 5.41) is 5.59. The van der Waals surface area contributed by atoms with Crippen LogP contribution in [-0.4, -0.2) is 77.1 Å². The average molecular weight is 531 g/mol. The largest absolute Gasteiger partial charge is 0.337 e. The van der Waals surface area contributed by atoms with Crippen molar-refractivity contribution in [2.24, 2.45) is 11.8 Å². The van der Waals surface area contributed by atoms with Crippen LogP contribution in [0.15, 0.2) is 48.5 Å². The Hall–Kier alpha value is -3.12. The molecule has 2 aromatic carbocycles. The number of sulfone groups is 2. The van der Waals surface area contributed by atoms with Crippen molar-refractivity contribution in [2.45, 2.75) is 12.1 Å². The van der Waals surface area contributed by atoms with E-state index in [0.29, 0.717) is 24.5 Å². The van der Waals surface area contributed by atoms with Crippen molar-refractivity contribution in [1.29, 1.82) is 0 Å². The molecular formula is C24H26N4O6S2. The molecule has 0 spiro atoms. The summed E-state index contributed by atoms with van der Waals surface area (Å²) in [5.41, 5.74) is 3.06. The zero-order chi connectivity index (χ0) is 25.2. The number of benzene rings is 2. The molecule has 0 aliphatic carbocycles. The number of nitrogens with zero attached hydrogens (tertiary/aromatic N) is 2. The molecule has 12 heteroatoms. The van der Waals surface area contributed by atoms with Gasteiger partial charge in [0.2, 0.25) is 0 Å². The number of carbonyl (C=O) groups is 2. The topological polar surface area (TPSA) is 133 Å². The van der Waals surface area contributed by atoms with Crippen molar-refractivity contribution in [1.82, 2.24) is 10.6 Å². The van der Waals surface area contributed by atoms with Gasteiger partial charge in [0.25, 0.3) is 0 Å². The molecule has 4 aliphatic heterocycles. The molecule has 4 heterocycles. The Kier molecular flexibility index (Phi) is 5.31. The molecule has 4 fully saturated rings. The lowest BCUT2D eigenvalue weighted by molar-refractivity contribution is 0.232. The van der Waals surface area contributed by atoms with Gasteiger partial charge in [-0.1, -0.05) is 24.3 Å². The lowest BCUT2D eigenvalue weighted by atomic mass is 9.98. The molecule has 4 aliphatic rings. The van der Waals surface area contributed by atoms with Gasteiger partial charge in [0.05, 0.1) is 35.1 Å². The fourth-order valence-electron chi connectivity index (χ4n) is 5.92. The van der Waals surface area contributed by atoms with Gasteiger partial charge < -0.3 is 10.6 Å². The van der Waals surface area contributed by atoms with Gasteiger partial charge in [-0.3, -0.25) is 9.80 Å². The van der Waals surface area contributed by atoms with Gasteiger partial charge in [-0.25, -0.2) is 26.4 Å². The molecule has 0 bridgehead atoms. The van der Waals surface area contributed by atoms with E-state index in [1.807, 2.05) is 48.5 Å². The highest BCUT2D eigenvalue weighted by Gasteiger charge is 2.47. The molecule has 4 amide bonds. The first-order valence-electron chi connectivity index (χ1n) is 11.9. The van der Waals surface area contributed by atoms with E-state index in [2.05, 4.69) is 10.6 Å². The van der Waals surface area contributed by atoms with Crippen LogP contribution in [0, 0.1) is 11.8 Å². The van der Waals surface area contributed by atoms with Crippen molar-refractivity contribution >= 4 is 43.1 Å². The SMILES string of the molecule is O=C1NC[C@@H]2CS(=O)(=O)C[C@H]2N1c1ccc(-c2ccc(N3C(=O)NC[C@@H]4CS(=O)(=O)C[C@@H]43)cc2)cc1. The van der Waals surface area contributed by atoms with Gasteiger partial charge in [-0.05, 0) is 35.4 Å². The van der Waals surface area contributed by atoms with Crippen LogP contribution in [0.25, 0.3) is 11.1 Å². The number of fused-ring (bicyclic) bond motifs is 2. The zero-order valence-electron chi connectivity index (χ0n) is 19.3. The van der Waals surface area contributed by atoms with E-state index in [-0.39, 0.29) is 59.0 Å². The molecule has 2 N–H and O–H groups in total. The lowest BCUT2D eigenvalue weighted by Crippen LogP contribution is -2.57.